The molecule has 0 spiro atoms. The Kier molecular flexibility index (Phi) is 2.48. The van der Waals surface area contributed by atoms with Crippen LogP contribution in [0.4, 0.5) is 5.69 Å². The number of nitrogens with zero attached hydrogens (tertiary/aromatic N) is 2. The third-order valence-corrected chi connectivity index (χ3v) is 2.94. The van der Waals surface area contributed by atoms with E-state index in [1.807, 2.05) is 30.5 Å². The van der Waals surface area contributed by atoms with E-state index in [2.05, 4.69) is 5.10 Å². The van der Waals surface area contributed by atoms with Gasteiger partial charge in [0.15, 0.2) is 0 Å². The zero-order valence-electron chi connectivity index (χ0n) is 9.54. The van der Waals surface area contributed by atoms with E-state index in [1.54, 1.807) is 10.9 Å². The number of aromatic nitrogens is 2. The lowest BCUT2D eigenvalue weighted by Gasteiger charge is -2.10. The maximum absolute atomic E-state index is 5.89. The Morgan fingerprint density at radius 2 is 2.29 bits per heavy atom. The van der Waals surface area contributed by atoms with Gasteiger partial charge in [0, 0.05) is 18.5 Å². The zero-order valence-corrected chi connectivity index (χ0v) is 9.54. The predicted octanol–water partition coefficient (Wildman–Crippen LogP) is 2.24. The summed E-state index contributed by atoms with van der Waals surface area (Å²) in [7, 11) is 0. The van der Waals surface area contributed by atoms with Crippen LogP contribution in [-0.2, 0) is 0 Å². The summed E-state index contributed by atoms with van der Waals surface area (Å²) in [6, 6.07) is 7.62. The summed E-state index contributed by atoms with van der Waals surface area (Å²) in [4.78, 5) is 0. The number of anilines is 1. The molecule has 0 aliphatic heterocycles. The van der Waals surface area contributed by atoms with Gasteiger partial charge in [-0.3, -0.25) is 0 Å². The first-order chi connectivity index (χ1) is 8.33. The highest BCUT2D eigenvalue weighted by atomic mass is 16.5. The number of nitrogen functional groups attached to an aromatic ring is 1. The molecule has 3 rings (SSSR count). The molecule has 17 heavy (non-hydrogen) atoms. The van der Waals surface area contributed by atoms with E-state index >= 15 is 0 Å². The van der Waals surface area contributed by atoms with Gasteiger partial charge in [-0.1, -0.05) is 0 Å². The Morgan fingerprint density at radius 3 is 3.00 bits per heavy atom. The smallest absolute Gasteiger partial charge is 0.144 e. The van der Waals surface area contributed by atoms with Crippen LogP contribution in [0.2, 0.25) is 0 Å². The number of hydrogen-bond donors (Lipinski definition) is 1. The van der Waals surface area contributed by atoms with E-state index in [0.717, 1.165) is 24.0 Å². The van der Waals surface area contributed by atoms with E-state index < -0.39 is 0 Å². The first-order valence-electron chi connectivity index (χ1n) is 5.85. The van der Waals surface area contributed by atoms with E-state index in [0.29, 0.717) is 5.69 Å². The van der Waals surface area contributed by atoms with Crippen LogP contribution in [0, 0.1) is 5.92 Å². The molecule has 1 aliphatic carbocycles. The molecule has 2 aromatic rings. The molecule has 0 bridgehead atoms. The van der Waals surface area contributed by atoms with E-state index in [4.69, 9.17) is 10.5 Å². The average molecular weight is 229 g/mol. The summed E-state index contributed by atoms with van der Waals surface area (Å²) in [5.74, 6) is 1.48. The first-order valence-corrected chi connectivity index (χ1v) is 5.85. The van der Waals surface area contributed by atoms with Crippen LogP contribution in [0.3, 0.4) is 0 Å². The number of hydrogen-bond acceptors (Lipinski definition) is 3. The molecule has 88 valence electrons. The largest absolute Gasteiger partial charge is 0.491 e. The molecule has 0 amide bonds. The maximum Gasteiger partial charge on any atom is 0.144 e. The molecule has 0 atom stereocenters. The van der Waals surface area contributed by atoms with Crippen LogP contribution < -0.4 is 10.5 Å². The fourth-order valence-electron chi connectivity index (χ4n) is 1.70. The van der Waals surface area contributed by atoms with Crippen molar-refractivity contribution in [1.82, 2.24) is 9.78 Å². The quantitative estimate of drug-likeness (QED) is 0.818. The molecule has 1 aromatic carbocycles. The zero-order chi connectivity index (χ0) is 11.7. The Morgan fingerprint density at radius 1 is 1.41 bits per heavy atom. The summed E-state index contributed by atoms with van der Waals surface area (Å²) < 4.78 is 7.53. The molecule has 1 fully saturated rings. The molecule has 0 saturated heterocycles. The van der Waals surface area contributed by atoms with Crippen molar-refractivity contribution in [3.8, 4) is 11.4 Å². The highest BCUT2D eigenvalue weighted by molar-refractivity contribution is 5.57. The van der Waals surface area contributed by atoms with Crippen LogP contribution in [0.15, 0.2) is 36.7 Å². The van der Waals surface area contributed by atoms with Crippen molar-refractivity contribution in [3.05, 3.63) is 36.7 Å². The Balaban J connectivity index is 1.83. The molecule has 0 unspecified atom stereocenters. The summed E-state index contributed by atoms with van der Waals surface area (Å²) in [6.07, 6.45) is 6.20. The van der Waals surface area contributed by atoms with Gasteiger partial charge in [0.2, 0.25) is 0 Å². The summed E-state index contributed by atoms with van der Waals surface area (Å²) >= 11 is 0. The van der Waals surface area contributed by atoms with Crippen molar-refractivity contribution >= 4 is 5.69 Å². The summed E-state index contributed by atoms with van der Waals surface area (Å²) in [5, 5.41) is 4.19. The average Bonchev–Trinajstić information content (AvgIpc) is 3.00. The minimum absolute atomic E-state index is 0.682. The second-order valence-electron chi connectivity index (χ2n) is 4.43. The molecular weight excluding hydrogens is 214 g/mol. The molecule has 1 aliphatic rings. The number of nitrogens with two attached hydrogens (primary N) is 1. The minimum Gasteiger partial charge on any atom is -0.491 e. The Bertz CT molecular complexity index is 503. The van der Waals surface area contributed by atoms with Crippen molar-refractivity contribution < 1.29 is 4.74 Å². The van der Waals surface area contributed by atoms with Gasteiger partial charge in [0.25, 0.3) is 0 Å². The third-order valence-electron chi connectivity index (χ3n) is 2.94. The third kappa shape index (κ3) is 2.25. The van der Waals surface area contributed by atoms with Crippen molar-refractivity contribution in [2.45, 2.75) is 12.8 Å². The number of benzene rings is 1. The Hall–Kier alpha value is -1.97. The Labute approximate surface area is 100 Å². The van der Waals surface area contributed by atoms with Crippen LogP contribution in [-0.4, -0.2) is 16.4 Å². The topological polar surface area (TPSA) is 53.1 Å². The predicted molar refractivity (Wildman–Crippen MR) is 66.2 cm³/mol. The molecule has 4 nitrogen and oxygen atoms in total. The fourth-order valence-corrected chi connectivity index (χ4v) is 1.70. The first kappa shape index (κ1) is 10.2. The summed E-state index contributed by atoms with van der Waals surface area (Å²) in [6.45, 7) is 0.771. The second kappa shape index (κ2) is 4.13. The minimum atomic E-state index is 0.682. The standard InChI is InChI=1S/C13H15N3O/c14-12-5-4-11(16-7-1-6-15-16)8-13(12)17-9-10-2-3-10/h1,4-8,10H,2-3,9,14H2. The van der Waals surface area contributed by atoms with Gasteiger partial charge in [-0.15, -0.1) is 0 Å². The molecule has 1 heterocycles. The van der Waals surface area contributed by atoms with Gasteiger partial charge < -0.3 is 10.5 Å². The van der Waals surface area contributed by atoms with Crippen molar-refractivity contribution in [2.75, 3.05) is 12.3 Å². The van der Waals surface area contributed by atoms with Gasteiger partial charge in [-0.2, -0.15) is 5.10 Å². The lowest BCUT2D eigenvalue weighted by atomic mass is 10.2. The lowest BCUT2D eigenvalue weighted by Crippen LogP contribution is -2.03. The molecular formula is C13H15N3O. The van der Waals surface area contributed by atoms with E-state index in [-0.39, 0.29) is 0 Å². The van der Waals surface area contributed by atoms with Crippen molar-refractivity contribution in [2.24, 2.45) is 5.92 Å². The van der Waals surface area contributed by atoms with Crippen molar-refractivity contribution in [3.63, 3.8) is 0 Å². The molecule has 4 heteroatoms. The lowest BCUT2D eigenvalue weighted by molar-refractivity contribution is 0.301. The van der Waals surface area contributed by atoms with E-state index in [1.165, 1.54) is 12.8 Å². The number of rotatable bonds is 4. The molecule has 1 aromatic heterocycles. The second-order valence-corrected chi connectivity index (χ2v) is 4.43. The summed E-state index contributed by atoms with van der Waals surface area (Å²) in [5.41, 5.74) is 7.54. The van der Waals surface area contributed by atoms with Crippen molar-refractivity contribution in [1.29, 1.82) is 0 Å². The highest BCUT2D eigenvalue weighted by Gasteiger charge is 2.22. The fraction of sp³-hybridized carbons (Fsp3) is 0.308. The van der Waals surface area contributed by atoms with E-state index in [9.17, 15) is 0 Å². The maximum atomic E-state index is 5.89. The van der Waals surface area contributed by atoms with Gasteiger partial charge >= 0.3 is 0 Å². The van der Waals surface area contributed by atoms with Crippen LogP contribution in [0.25, 0.3) is 5.69 Å². The monoisotopic (exact) mass is 229 g/mol. The van der Waals surface area contributed by atoms with Crippen LogP contribution in [0.1, 0.15) is 12.8 Å². The van der Waals surface area contributed by atoms with Crippen LogP contribution >= 0.6 is 0 Å². The van der Waals surface area contributed by atoms with Gasteiger partial charge in [0.05, 0.1) is 18.0 Å². The highest BCUT2D eigenvalue weighted by Crippen LogP contribution is 2.31. The van der Waals surface area contributed by atoms with Gasteiger partial charge in [-0.25, -0.2) is 4.68 Å². The van der Waals surface area contributed by atoms with Gasteiger partial charge in [-0.05, 0) is 37.0 Å². The normalized spacial score (nSPS) is 14.8. The molecule has 2 N–H and O–H groups in total. The SMILES string of the molecule is Nc1ccc(-n2cccn2)cc1OCC1CC1. The van der Waals surface area contributed by atoms with Crippen LogP contribution in [0.5, 0.6) is 5.75 Å². The molecule has 0 radical (unpaired) electrons. The van der Waals surface area contributed by atoms with Gasteiger partial charge in [0.1, 0.15) is 5.75 Å². The molecule has 1 saturated carbocycles. The number of ether oxygens (including phenoxy) is 1.